The number of nitrogens with two attached hydrogens (primary N) is 1. The number of imidazole rings is 1. The molecule has 4 nitrogen and oxygen atoms in total. The molecular formula is C13H13ClN4S. The Kier molecular flexibility index (Phi) is 3.16. The minimum absolute atomic E-state index is 0.469. The molecule has 0 bridgehead atoms. The molecule has 0 atom stereocenters. The largest absolute Gasteiger partial charge is 0.369 e. The quantitative estimate of drug-likeness (QED) is 0.805. The van der Waals surface area contributed by atoms with Crippen molar-refractivity contribution in [3.8, 4) is 0 Å². The van der Waals surface area contributed by atoms with Crippen LogP contribution in [0.4, 0.5) is 5.95 Å². The van der Waals surface area contributed by atoms with Crippen molar-refractivity contribution in [2.24, 2.45) is 0 Å². The van der Waals surface area contributed by atoms with E-state index in [4.69, 9.17) is 17.3 Å². The third-order valence-electron chi connectivity index (χ3n) is 2.99. The van der Waals surface area contributed by atoms with Crippen molar-refractivity contribution < 1.29 is 0 Å². The van der Waals surface area contributed by atoms with Crippen molar-refractivity contribution in [1.29, 1.82) is 0 Å². The maximum atomic E-state index is 6.24. The molecule has 0 saturated heterocycles. The number of aryl methyl sites for hydroxylation is 1. The molecule has 0 saturated carbocycles. The summed E-state index contributed by atoms with van der Waals surface area (Å²) in [4.78, 5) is 10.0. The molecule has 0 amide bonds. The second kappa shape index (κ2) is 4.83. The number of hydrogen-bond acceptors (Lipinski definition) is 4. The van der Waals surface area contributed by atoms with E-state index in [9.17, 15) is 0 Å². The first kappa shape index (κ1) is 12.4. The molecular weight excluding hydrogens is 280 g/mol. The van der Waals surface area contributed by atoms with Gasteiger partial charge < -0.3 is 10.3 Å². The van der Waals surface area contributed by atoms with Crippen LogP contribution in [0.25, 0.3) is 11.0 Å². The summed E-state index contributed by atoms with van der Waals surface area (Å²) >= 11 is 7.94. The molecule has 0 unspecified atom stereocenters. The summed E-state index contributed by atoms with van der Waals surface area (Å²) < 4.78 is 1.91. The maximum Gasteiger partial charge on any atom is 0.201 e. The molecule has 3 rings (SSSR count). The van der Waals surface area contributed by atoms with Crippen LogP contribution in [0.3, 0.4) is 0 Å². The SMILES string of the molecule is CCc1cnc(Cn2c(N)nc3cccc(Cl)c32)s1. The highest BCUT2D eigenvalue weighted by molar-refractivity contribution is 7.11. The molecule has 0 aliphatic heterocycles. The Bertz CT molecular complexity index is 731. The highest BCUT2D eigenvalue weighted by atomic mass is 35.5. The number of para-hydroxylation sites is 1. The fourth-order valence-corrected chi connectivity index (χ4v) is 3.16. The van der Waals surface area contributed by atoms with Crippen LogP contribution in [0.5, 0.6) is 0 Å². The fraction of sp³-hybridized carbons (Fsp3) is 0.231. The summed E-state index contributed by atoms with van der Waals surface area (Å²) in [7, 11) is 0. The third kappa shape index (κ3) is 2.19. The van der Waals surface area contributed by atoms with Crippen LogP contribution in [0.2, 0.25) is 5.02 Å². The molecule has 0 aliphatic carbocycles. The van der Waals surface area contributed by atoms with Crippen LogP contribution in [0.15, 0.2) is 24.4 Å². The van der Waals surface area contributed by atoms with E-state index in [-0.39, 0.29) is 0 Å². The van der Waals surface area contributed by atoms with Gasteiger partial charge in [0.1, 0.15) is 5.01 Å². The number of fused-ring (bicyclic) bond motifs is 1. The first-order chi connectivity index (χ1) is 9.19. The summed E-state index contributed by atoms with van der Waals surface area (Å²) in [5, 5.41) is 1.68. The number of thiazole rings is 1. The molecule has 0 fully saturated rings. The lowest BCUT2D eigenvalue weighted by Crippen LogP contribution is -2.04. The zero-order valence-electron chi connectivity index (χ0n) is 10.4. The normalized spacial score (nSPS) is 11.3. The van der Waals surface area contributed by atoms with Gasteiger partial charge in [-0.3, -0.25) is 0 Å². The van der Waals surface area contributed by atoms with E-state index in [2.05, 4.69) is 16.9 Å². The van der Waals surface area contributed by atoms with Gasteiger partial charge in [0.05, 0.1) is 22.6 Å². The Balaban J connectivity index is 2.07. The fourth-order valence-electron chi connectivity index (χ4n) is 2.04. The van der Waals surface area contributed by atoms with Gasteiger partial charge in [-0.15, -0.1) is 11.3 Å². The number of benzene rings is 1. The van der Waals surface area contributed by atoms with E-state index in [1.807, 2.05) is 29.0 Å². The second-order valence-corrected chi connectivity index (χ2v) is 5.84. The lowest BCUT2D eigenvalue weighted by molar-refractivity contribution is 0.829. The number of aromatic nitrogens is 3. The Labute approximate surface area is 119 Å². The highest BCUT2D eigenvalue weighted by Gasteiger charge is 2.12. The predicted octanol–water partition coefficient (Wildman–Crippen LogP) is 3.34. The zero-order valence-corrected chi connectivity index (χ0v) is 12.0. The summed E-state index contributed by atoms with van der Waals surface area (Å²) in [5.41, 5.74) is 7.67. The van der Waals surface area contributed by atoms with E-state index in [1.54, 1.807) is 11.3 Å². The average Bonchev–Trinajstić information content (AvgIpc) is 2.96. The highest BCUT2D eigenvalue weighted by Crippen LogP contribution is 2.27. The Morgan fingerprint density at radius 1 is 1.42 bits per heavy atom. The third-order valence-corrected chi connectivity index (χ3v) is 4.42. The lowest BCUT2D eigenvalue weighted by atomic mass is 10.3. The van der Waals surface area contributed by atoms with E-state index < -0.39 is 0 Å². The molecule has 2 aromatic heterocycles. The van der Waals surface area contributed by atoms with Gasteiger partial charge in [-0.1, -0.05) is 24.6 Å². The number of nitrogen functional groups attached to an aromatic ring is 1. The van der Waals surface area contributed by atoms with E-state index in [0.717, 1.165) is 22.5 Å². The van der Waals surface area contributed by atoms with Gasteiger partial charge in [-0.2, -0.15) is 0 Å². The van der Waals surface area contributed by atoms with Gasteiger partial charge in [0.25, 0.3) is 0 Å². The molecule has 0 radical (unpaired) electrons. The standard InChI is InChI=1S/C13H13ClN4S/c1-2-8-6-16-11(19-8)7-18-12-9(14)4-3-5-10(12)17-13(18)15/h3-6H,2,7H2,1H3,(H2,15,17). The second-order valence-electron chi connectivity index (χ2n) is 4.24. The first-order valence-corrected chi connectivity index (χ1v) is 7.22. The summed E-state index contributed by atoms with van der Waals surface area (Å²) in [5.74, 6) is 0.469. The van der Waals surface area contributed by atoms with Crippen molar-refractivity contribution in [3.63, 3.8) is 0 Å². The first-order valence-electron chi connectivity index (χ1n) is 6.03. The predicted molar refractivity (Wildman–Crippen MR) is 79.7 cm³/mol. The van der Waals surface area contributed by atoms with Crippen LogP contribution >= 0.6 is 22.9 Å². The average molecular weight is 293 g/mol. The molecule has 6 heteroatoms. The lowest BCUT2D eigenvalue weighted by Gasteiger charge is -2.04. The number of halogens is 1. The monoisotopic (exact) mass is 292 g/mol. The summed E-state index contributed by atoms with van der Waals surface area (Å²) in [6.45, 7) is 2.73. The van der Waals surface area contributed by atoms with Crippen molar-refractivity contribution in [3.05, 3.63) is 39.3 Å². The van der Waals surface area contributed by atoms with Gasteiger partial charge in [0, 0.05) is 11.1 Å². The van der Waals surface area contributed by atoms with E-state index >= 15 is 0 Å². The molecule has 2 heterocycles. The Morgan fingerprint density at radius 3 is 3.00 bits per heavy atom. The van der Waals surface area contributed by atoms with Crippen LogP contribution in [0.1, 0.15) is 16.8 Å². The number of anilines is 1. The topological polar surface area (TPSA) is 56.7 Å². The Hall–Kier alpha value is -1.59. The van der Waals surface area contributed by atoms with Crippen LogP contribution in [0, 0.1) is 0 Å². The molecule has 19 heavy (non-hydrogen) atoms. The van der Waals surface area contributed by atoms with E-state index in [1.165, 1.54) is 4.88 Å². The molecule has 1 aromatic carbocycles. The van der Waals surface area contributed by atoms with Gasteiger partial charge in [-0.25, -0.2) is 9.97 Å². The van der Waals surface area contributed by atoms with Gasteiger partial charge >= 0.3 is 0 Å². The van der Waals surface area contributed by atoms with Crippen LogP contribution in [-0.4, -0.2) is 14.5 Å². The molecule has 2 N–H and O–H groups in total. The van der Waals surface area contributed by atoms with Crippen molar-refractivity contribution in [2.75, 3.05) is 5.73 Å². The van der Waals surface area contributed by atoms with Crippen LogP contribution < -0.4 is 5.73 Å². The van der Waals surface area contributed by atoms with Crippen molar-refractivity contribution in [2.45, 2.75) is 19.9 Å². The van der Waals surface area contributed by atoms with Gasteiger partial charge in [0.15, 0.2) is 0 Å². The van der Waals surface area contributed by atoms with Crippen LogP contribution in [-0.2, 0) is 13.0 Å². The molecule has 3 aromatic rings. The molecule has 98 valence electrons. The molecule has 0 spiro atoms. The Morgan fingerprint density at radius 2 is 2.26 bits per heavy atom. The smallest absolute Gasteiger partial charge is 0.201 e. The number of nitrogens with zero attached hydrogens (tertiary/aromatic N) is 3. The minimum atomic E-state index is 0.469. The zero-order chi connectivity index (χ0) is 13.4. The number of rotatable bonds is 3. The van der Waals surface area contributed by atoms with E-state index in [0.29, 0.717) is 17.5 Å². The van der Waals surface area contributed by atoms with Crippen molar-refractivity contribution in [1.82, 2.24) is 14.5 Å². The summed E-state index contributed by atoms with van der Waals surface area (Å²) in [6.07, 6.45) is 2.91. The van der Waals surface area contributed by atoms with Crippen molar-refractivity contribution >= 4 is 39.9 Å². The minimum Gasteiger partial charge on any atom is -0.369 e. The molecule has 0 aliphatic rings. The maximum absolute atomic E-state index is 6.24. The van der Waals surface area contributed by atoms with Gasteiger partial charge in [-0.05, 0) is 18.6 Å². The number of hydrogen-bond donors (Lipinski definition) is 1. The van der Waals surface area contributed by atoms with Gasteiger partial charge in [0.2, 0.25) is 5.95 Å². The summed E-state index contributed by atoms with van der Waals surface area (Å²) in [6, 6.07) is 5.63.